The Labute approximate surface area is 105 Å². The van der Waals surface area contributed by atoms with E-state index in [1.165, 1.54) is 0 Å². The molecule has 5 nitrogen and oxygen atoms in total. The molecule has 0 bridgehead atoms. The molecule has 2 fully saturated rings. The maximum Gasteiger partial charge on any atom is 0.142 e. The second-order valence-corrected chi connectivity index (χ2v) is 5.31. The third-order valence-corrected chi connectivity index (χ3v) is 4.42. The van der Waals surface area contributed by atoms with Crippen molar-refractivity contribution < 1.29 is 5.11 Å². The molecule has 2 aliphatic rings. The summed E-state index contributed by atoms with van der Waals surface area (Å²) in [5, 5.41) is 11.2. The lowest BCUT2D eigenvalue weighted by atomic mass is 10.0. The molecule has 3 atom stereocenters. The second-order valence-electron chi connectivity index (χ2n) is 5.31. The Morgan fingerprint density at radius 1 is 1.28 bits per heavy atom. The van der Waals surface area contributed by atoms with Crippen LogP contribution in [0, 0.1) is 5.92 Å². The molecule has 0 aromatic carbocycles. The van der Waals surface area contributed by atoms with Crippen LogP contribution in [0.1, 0.15) is 19.3 Å². The number of anilines is 1. The number of hydrogen-bond donors (Lipinski definition) is 2. The van der Waals surface area contributed by atoms with Crippen LogP contribution in [0.5, 0.6) is 0 Å². The van der Waals surface area contributed by atoms with E-state index in [2.05, 4.69) is 19.9 Å². The summed E-state index contributed by atoms with van der Waals surface area (Å²) in [6, 6.07) is 2.26. The highest BCUT2D eigenvalue weighted by Gasteiger charge is 2.44. The number of nitrogens with zero attached hydrogens (tertiary/aromatic N) is 3. The molecule has 2 aromatic rings. The van der Waals surface area contributed by atoms with Crippen molar-refractivity contribution in [2.24, 2.45) is 5.92 Å². The van der Waals surface area contributed by atoms with Gasteiger partial charge in [-0.15, -0.1) is 0 Å². The van der Waals surface area contributed by atoms with Gasteiger partial charge in [-0.2, -0.15) is 0 Å². The Balaban J connectivity index is 1.81. The predicted molar refractivity (Wildman–Crippen MR) is 68.4 cm³/mol. The van der Waals surface area contributed by atoms with Crippen LogP contribution in [-0.2, 0) is 0 Å². The molecule has 1 saturated heterocycles. The van der Waals surface area contributed by atoms with Gasteiger partial charge in [0.1, 0.15) is 17.8 Å². The van der Waals surface area contributed by atoms with Gasteiger partial charge in [0.15, 0.2) is 0 Å². The van der Waals surface area contributed by atoms with Crippen LogP contribution in [-0.4, -0.2) is 38.7 Å². The summed E-state index contributed by atoms with van der Waals surface area (Å²) in [6.07, 6.45) is 6.51. The highest BCUT2D eigenvalue weighted by molar-refractivity contribution is 5.87. The summed E-state index contributed by atoms with van der Waals surface area (Å²) in [5.74, 6) is 1.60. The predicted octanol–water partition coefficient (Wildman–Crippen LogP) is 1.31. The summed E-state index contributed by atoms with van der Waals surface area (Å²) in [4.78, 5) is 14.1. The molecule has 4 rings (SSSR count). The quantitative estimate of drug-likeness (QED) is 0.793. The molecule has 2 N–H and O–H groups in total. The summed E-state index contributed by atoms with van der Waals surface area (Å²) >= 11 is 0. The number of H-pyrrole nitrogens is 1. The van der Waals surface area contributed by atoms with Crippen LogP contribution >= 0.6 is 0 Å². The van der Waals surface area contributed by atoms with Crippen molar-refractivity contribution in [3.63, 3.8) is 0 Å². The van der Waals surface area contributed by atoms with Gasteiger partial charge in [0, 0.05) is 12.7 Å². The minimum Gasteiger partial charge on any atom is -0.391 e. The lowest BCUT2D eigenvalue weighted by Gasteiger charge is -2.28. The number of aromatic amines is 1. The molecule has 94 valence electrons. The highest BCUT2D eigenvalue weighted by Crippen LogP contribution is 2.41. The van der Waals surface area contributed by atoms with Crippen molar-refractivity contribution in [2.45, 2.75) is 31.4 Å². The van der Waals surface area contributed by atoms with Crippen LogP contribution in [0.3, 0.4) is 0 Å². The molecule has 3 heterocycles. The van der Waals surface area contributed by atoms with Crippen LogP contribution in [0.2, 0.25) is 0 Å². The zero-order valence-electron chi connectivity index (χ0n) is 10.1. The van der Waals surface area contributed by atoms with Crippen molar-refractivity contribution in [3.8, 4) is 0 Å². The fourth-order valence-corrected chi connectivity index (χ4v) is 3.61. The number of aliphatic hydroxyl groups is 1. The van der Waals surface area contributed by atoms with E-state index < -0.39 is 0 Å². The van der Waals surface area contributed by atoms with E-state index in [1.54, 1.807) is 6.33 Å². The average molecular weight is 244 g/mol. The molecule has 1 aliphatic carbocycles. The monoisotopic (exact) mass is 244 g/mol. The Hall–Kier alpha value is -1.62. The van der Waals surface area contributed by atoms with Crippen LogP contribution < -0.4 is 4.90 Å². The van der Waals surface area contributed by atoms with E-state index >= 15 is 0 Å². The minimum absolute atomic E-state index is 0.207. The Morgan fingerprint density at radius 2 is 2.22 bits per heavy atom. The fraction of sp³-hybridized carbons (Fsp3) is 0.538. The van der Waals surface area contributed by atoms with Crippen LogP contribution in [0.4, 0.5) is 5.82 Å². The summed E-state index contributed by atoms with van der Waals surface area (Å²) < 4.78 is 0. The molecule has 1 saturated carbocycles. The number of aliphatic hydroxyl groups excluding tert-OH is 1. The van der Waals surface area contributed by atoms with Gasteiger partial charge in [-0.3, -0.25) is 0 Å². The van der Waals surface area contributed by atoms with Crippen molar-refractivity contribution in [1.29, 1.82) is 0 Å². The minimum atomic E-state index is -0.207. The first-order valence-corrected chi connectivity index (χ1v) is 6.57. The fourth-order valence-electron chi connectivity index (χ4n) is 3.61. The Bertz CT molecular complexity index is 581. The molecule has 0 unspecified atom stereocenters. The Morgan fingerprint density at radius 3 is 3.17 bits per heavy atom. The van der Waals surface area contributed by atoms with E-state index in [0.29, 0.717) is 5.92 Å². The average Bonchev–Trinajstić information content (AvgIpc) is 3.06. The number of aromatic nitrogens is 3. The van der Waals surface area contributed by atoms with E-state index in [9.17, 15) is 5.11 Å². The largest absolute Gasteiger partial charge is 0.391 e. The molecule has 0 spiro atoms. The van der Waals surface area contributed by atoms with Gasteiger partial charge in [0.2, 0.25) is 0 Å². The van der Waals surface area contributed by atoms with Gasteiger partial charge in [-0.25, -0.2) is 9.97 Å². The van der Waals surface area contributed by atoms with Gasteiger partial charge in [-0.05, 0) is 31.2 Å². The normalized spacial score (nSPS) is 31.2. The molecule has 18 heavy (non-hydrogen) atoms. The number of fused-ring (bicyclic) bond motifs is 2. The topological polar surface area (TPSA) is 65.0 Å². The van der Waals surface area contributed by atoms with Gasteiger partial charge < -0.3 is 15.0 Å². The van der Waals surface area contributed by atoms with Crippen molar-refractivity contribution in [1.82, 2.24) is 15.0 Å². The number of hydrogen-bond acceptors (Lipinski definition) is 4. The molecular weight excluding hydrogens is 228 g/mol. The summed E-state index contributed by atoms with van der Waals surface area (Å²) in [5.41, 5.74) is 0.871. The molecule has 2 aromatic heterocycles. The zero-order valence-corrected chi connectivity index (χ0v) is 10.1. The van der Waals surface area contributed by atoms with E-state index in [1.807, 2.05) is 12.3 Å². The van der Waals surface area contributed by atoms with Crippen LogP contribution in [0.25, 0.3) is 11.0 Å². The standard InChI is InChI=1S/C13H16N4O/c18-10-2-1-8-4-6-17(11(8)10)13-9-3-5-14-12(9)15-7-16-13/h3,5,7-8,10-11,18H,1-2,4,6H2,(H,14,15,16)/t8-,10+,11+/m1/s1. The van der Waals surface area contributed by atoms with E-state index in [0.717, 1.165) is 42.7 Å². The number of nitrogens with one attached hydrogen (secondary N) is 1. The lowest BCUT2D eigenvalue weighted by Crippen LogP contribution is -2.38. The molecule has 0 radical (unpaired) electrons. The smallest absolute Gasteiger partial charge is 0.142 e. The highest BCUT2D eigenvalue weighted by atomic mass is 16.3. The van der Waals surface area contributed by atoms with Crippen LogP contribution in [0.15, 0.2) is 18.6 Å². The van der Waals surface area contributed by atoms with Gasteiger partial charge in [-0.1, -0.05) is 0 Å². The van der Waals surface area contributed by atoms with Crippen molar-refractivity contribution >= 4 is 16.9 Å². The third kappa shape index (κ3) is 1.31. The zero-order chi connectivity index (χ0) is 12.1. The first-order valence-electron chi connectivity index (χ1n) is 6.57. The summed E-state index contributed by atoms with van der Waals surface area (Å²) in [7, 11) is 0. The molecule has 5 heteroatoms. The summed E-state index contributed by atoms with van der Waals surface area (Å²) in [6.45, 7) is 0.990. The second kappa shape index (κ2) is 3.68. The lowest BCUT2D eigenvalue weighted by molar-refractivity contribution is 0.160. The van der Waals surface area contributed by atoms with Crippen molar-refractivity contribution in [2.75, 3.05) is 11.4 Å². The molecule has 0 amide bonds. The SMILES string of the molecule is O[C@H]1CC[C@@H]2CCN(c3ncnc4[nH]ccc34)[C@@H]21. The first-order chi connectivity index (χ1) is 8.84. The number of rotatable bonds is 1. The Kier molecular flexibility index (Phi) is 2.11. The van der Waals surface area contributed by atoms with Crippen molar-refractivity contribution in [3.05, 3.63) is 18.6 Å². The van der Waals surface area contributed by atoms with Gasteiger partial charge >= 0.3 is 0 Å². The molecule has 1 aliphatic heterocycles. The van der Waals surface area contributed by atoms with E-state index in [-0.39, 0.29) is 12.1 Å². The first kappa shape index (κ1) is 10.3. The van der Waals surface area contributed by atoms with Gasteiger partial charge in [0.05, 0.1) is 17.5 Å². The third-order valence-electron chi connectivity index (χ3n) is 4.42. The maximum absolute atomic E-state index is 10.2. The maximum atomic E-state index is 10.2. The van der Waals surface area contributed by atoms with E-state index in [4.69, 9.17) is 0 Å². The van der Waals surface area contributed by atoms with Gasteiger partial charge in [0.25, 0.3) is 0 Å². The molecular formula is C13H16N4O.